The molecule has 0 saturated heterocycles. The van der Waals surface area contributed by atoms with Gasteiger partial charge in [0, 0.05) is 23.9 Å². The van der Waals surface area contributed by atoms with Gasteiger partial charge in [-0.15, -0.1) is 0 Å². The van der Waals surface area contributed by atoms with Crippen LogP contribution in [0.25, 0.3) is 0 Å². The number of halogens is 2. The first-order chi connectivity index (χ1) is 11.5. The summed E-state index contributed by atoms with van der Waals surface area (Å²) < 4.78 is 15.0. The molecule has 3 rings (SSSR count). The molecular formula is C18H17BrFN3O. The summed E-state index contributed by atoms with van der Waals surface area (Å²) in [7, 11) is 1.70. The normalized spacial score (nSPS) is 17.3. The Morgan fingerprint density at radius 3 is 2.67 bits per heavy atom. The lowest BCUT2D eigenvalue weighted by Gasteiger charge is -2.21. The summed E-state index contributed by atoms with van der Waals surface area (Å²) in [5.74, 6) is -0.509. The van der Waals surface area contributed by atoms with Crippen molar-refractivity contribution in [2.45, 2.75) is 19.4 Å². The summed E-state index contributed by atoms with van der Waals surface area (Å²) in [4.78, 5) is 18.8. The van der Waals surface area contributed by atoms with E-state index in [1.807, 2.05) is 6.92 Å². The summed E-state index contributed by atoms with van der Waals surface area (Å²) in [5.41, 5.74) is 8.60. The van der Waals surface area contributed by atoms with Crippen LogP contribution in [0, 0.1) is 5.82 Å². The lowest BCUT2D eigenvalue weighted by molar-refractivity contribution is -0.119. The molecule has 0 radical (unpaired) electrons. The van der Waals surface area contributed by atoms with Crippen LogP contribution in [-0.2, 0) is 4.79 Å². The summed E-state index contributed by atoms with van der Waals surface area (Å²) in [5, 5.41) is 0. The van der Waals surface area contributed by atoms with Crippen LogP contribution in [0.1, 0.15) is 24.5 Å². The van der Waals surface area contributed by atoms with Crippen molar-refractivity contribution in [2.24, 2.45) is 4.99 Å². The molecule has 1 amide bonds. The molecule has 1 aliphatic rings. The Balaban J connectivity index is 2.37. The molecule has 1 aliphatic heterocycles. The van der Waals surface area contributed by atoms with E-state index in [0.29, 0.717) is 39.1 Å². The van der Waals surface area contributed by atoms with E-state index in [1.54, 1.807) is 42.3 Å². The van der Waals surface area contributed by atoms with Crippen molar-refractivity contribution in [3.8, 4) is 0 Å². The number of hydrogen-bond donors (Lipinski definition) is 1. The summed E-state index contributed by atoms with van der Waals surface area (Å²) in [6.45, 7) is 1.89. The second-order valence-electron chi connectivity index (χ2n) is 5.64. The molecule has 1 heterocycles. The predicted molar refractivity (Wildman–Crippen MR) is 98.1 cm³/mol. The number of anilines is 2. The Hall–Kier alpha value is -2.21. The van der Waals surface area contributed by atoms with E-state index in [9.17, 15) is 9.18 Å². The minimum absolute atomic E-state index is 0.123. The van der Waals surface area contributed by atoms with E-state index in [0.717, 1.165) is 0 Å². The van der Waals surface area contributed by atoms with Crippen LogP contribution in [0.5, 0.6) is 0 Å². The first kappa shape index (κ1) is 16.6. The van der Waals surface area contributed by atoms with Gasteiger partial charge in [-0.3, -0.25) is 9.79 Å². The Kier molecular flexibility index (Phi) is 4.41. The monoisotopic (exact) mass is 389 g/mol. The number of fused-ring (bicyclic) bond motifs is 1. The Morgan fingerprint density at radius 1 is 1.29 bits per heavy atom. The number of benzodiazepines with no additional fused rings is 1. The third-order valence-corrected chi connectivity index (χ3v) is 5.02. The number of benzene rings is 2. The van der Waals surface area contributed by atoms with Crippen LogP contribution in [-0.4, -0.2) is 24.7 Å². The standard InChI is InChI=1S/C18H17BrFN3O/c1-3-13-18(24)23(2)14-9-8-12(21)16(19)15(14)17(22-13)10-6-4-5-7-11(10)20/h4-9,13H,3,21H2,1-2H3. The molecule has 0 spiro atoms. The van der Waals surface area contributed by atoms with E-state index in [1.165, 1.54) is 6.07 Å². The first-order valence-corrected chi connectivity index (χ1v) is 8.43. The smallest absolute Gasteiger partial charge is 0.251 e. The molecule has 6 heteroatoms. The Bertz CT molecular complexity index is 850. The lowest BCUT2D eigenvalue weighted by Crippen LogP contribution is -2.34. The molecule has 1 unspecified atom stereocenters. The van der Waals surface area contributed by atoms with Gasteiger partial charge in [0.15, 0.2) is 0 Å². The van der Waals surface area contributed by atoms with Crippen molar-refractivity contribution >= 4 is 38.9 Å². The van der Waals surface area contributed by atoms with E-state index < -0.39 is 6.04 Å². The number of aliphatic imine (C=N–C) groups is 1. The van der Waals surface area contributed by atoms with Crippen LogP contribution in [0.4, 0.5) is 15.8 Å². The fourth-order valence-electron chi connectivity index (χ4n) is 2.83. The van der Waals surface area contributed by atoms with Gasteiger partial charge in [0.25, 0.3) is 5.91 Å². The van der Waals surface area contributed by atoms with E-state index >= 15 is 0 Å². The van der Waals surface area contributed by atoms with Gasteiger partial charge in [-0.2, -0.15) is 0 Å². The van der Waals surface area contributed by atoms with Crippen molar-refractivity contribution in [3.63, 3.8) is 0 Å². The van der Waals surface area contributed by atoms with Crippen molar-refractivity contribution in [1.29, 1.82) is 0 Å². The molecular weight excluding hydrogens is 373 g/mol. The third kappa shape index (κ3) is 2.60. The number of nitrogens with zero attached hydrogens (tertiary/aromatic N) is 2. The van der Waals surface area contributed by atoms with E-state index in [2.05, 4.69) is 20.9 Å². The highest BCUT2D eigenvalue weighted by Gasteiger charge is 2.31. The van der Waals surface area contributed by atoms with E-state index in [4.69, 9.17) is 5.73 Å². The Labute approximate surface area is 148 Å². The van der Waals surface area contributed by atoms with Gasteiger partial charge in [0.1, 0.15) is 11.9 Å². The number of hydrogen-bond acceptors (Lipinski definition) is 3. The number of amides is 1. The molecule has 0 bridgehead atoms. The molecule has 124 valence electrons. The molecule has 0 fully saturated rings. The van der Waals surface area contributed by atoms with Gasteiger partial charge in [-0.1, -0.05) is 19.1 Å². The van der Waals surface area contributed by atoms with Crippen LogP contribution in [0.3, 0.4) is 0 Å². The highest BCUT2D eigenvalue weighted by atomic mass is 79.9. The summed E-state index contributed by atoms with van der Waals surface area (Å²) >= 11 is 3.49. The molecule has 4 nitrogen and oxygen atoms in total. The van der Waals surface area contributed by atoms with Crippen molar-refractivity contribution in [1.82, 2.24) is 0 Å². The SMILES string of the molecule is CCC1N=C(c2ccccc2F)c2c(ccc(N)c2Br)N(C)C1=O. The number of likely N-dealkylation sites (N-methyl/N-ethyl adjacent to an activating group) is 1. The number of nitrogen functional groups attached to an aromatic ring is 1. The zero-order chi connectivity index (χ0) is 17.4. The minimum atomic E-state index is -0.565. The van der Waals surface area contributed by atoms with Crippen LogP contribution in [0.15, 0.2) is 45.9 Å². The minimum Gasteiger partial charge on any atom is -0.398 e. The molecule has 2 aromatic rings. The number of carbonyl (C=O) groups is 1. The highest BCUT2D eigenvalue weighted by Crippen LogP contribution is 2.37. The van der Waals surface area contributed by atoms with Crippen molar-refractivity contribution < 1.29 is 9.18 Å². The average molecular weight is 390 g/mol. The average Bonchev–Trinajstić information content (AvgIpc) is 2.68. The maximum atomic E-state index is 14.4. The molecule has 2 aromatic carbocycles. The van der Waals surface area contributed by atoms with Crippen LogP contribution >= 0.6 is 15.9 Å². The molecule has 1 atom stereocenters. The van der Waals surface area contributed by atoms with Gasteiger partial charge < -0.3 is 10.6 Å². The fourth-order valence-corrected chi connectivity index (χ4v) is 3.35. The molecule has 0 aliphatic carbocycles. The topological polar surface area (TPSA) is 58.7 Å². The maximum Gasteiger partial charge on any atom is 0.251 e. The maximum absolute atomic E-state index is 14.4. The van der Waals surface area contributed by atoms with Crippen molar-refractivity contribution in [2.75, 3.05) is 17.7 Å². The van der Waals surface area contributed by atoms with Gasteiger partial charge in [-0.05, 0) is 46.6 Å². The van der Waals surface area contributed by atoms with E-state index in [-0.39, 0.29) is 11.7 Å². The number of carbonyl (C=O) groups excluding carboxylic acids is 1. The van der Waals surface area contributed by atoms with Gasteiger partial charge >= 0.3 is 0 Å². The third-order valence-electron chi connectivity index (χ3n) is 4.16. The van der Waals surface area contributed by atoms with Crippen molar-refractivity contribution in [3.05, 3.63) is 57.8 Å². The molecule has 24 heavy (non-hydrogen) atoms. The second kappa shape index (κ2) is 6.36. The molecule has 0 aromatic heterocycles. The summed E-state index contributed by atoms with van der Waals surface area (Å²) in [6.07, 6.45) is 0.530. The first-order valence-electron chi connectivity index (χ1n) is 7.64. The lowest BCUT2D eigenvalue weighted by atomic mass is 9.99. The number of rotatable bonds is 2. The zero-order valence-corrected chi connectivity index (χ0v) is 15.0. The Morgan fingerprint density at radius 2 is 2.00 bits per heavy atom. The second-order valence-corrected chi connectivity index (χ2v) is 6.43. The van der Waals surface area contributed by atoms with Crippen LogP contribution < -0.4 is 10.6 Å². The highest BCUT2D eigenvalue weighted by molar-refractivity contribution is 9.10. The largest absolute Gasteiger partial charge is 0.398 e. The van der Waals surface area contributed by atoms with Gasteiger partial charge in [-0.25, -0.2) is 4.39 Å². The predicted octanol–water partition coefficient (Wildman–Crippen LogP) is 3.76. The van der Waals surface area contributed by atoms with Gasteiger partial charge in [0.2, 0.25) is 0 Å². The zero-order valence-electron chi connectivity index (χ0n) is 13.4. The van der Waals surface area contributed by atoms with Crippen LogP contribution in [0.2, 0.25) is 0 Å². The molecule has 2 N–H and O–H groups in total. The van der Waals surface area contributed by atoms with Gasteiger partial charge in [0.05, 0.1) is 15.9 Å². The number of nitrogens with two attached hydrogens (primary N) is 1. The molecule has 0 saturated carbocycles. The summed E-state index contributed by atoms with van der Waals surface area (Å²) in [6, 6.07) is 9.34. The fraction of sp³-hybridized carbons (Fsp3) is 0.222. The quantitative estimate of drug-likeness (QED) is 0.794.